The number of nitrogens with one attached hydrogen (secondary N) is 1. The lowest BCUT2D eigenvalue weighted by atomic mass is 9.87. The fourth-order valence-corrected chi connectivity index (χ4v) is 3.23. The maximum atomic E-state index is 5.50. The van der Waals surface area contributed by atoms with Crippen molar-refractivity contribution in [1.29, 1.82) is 0 Å². The Morgan fingerprint density at radius 2 is 2.32 bits per heavy atom. The van der Waals surface area contributed by atoms with E-state index in [-0.39, 0.29) is 0 Å². The van der Waals surface area contributed by atoms with E-state index < -0.39 is 0 Å². The number of methoxy groups -OCH3 is 1. The summed E-state index contributed by atoms with van der Waals surface area (Å²) in [6.45, 7) is 5.61. The normalized spacial score (nSPS) is 24.4. The molecule has 1 N–H and O–H groups in total. The van der Waals surface area contributed by atoms with Gasteiger partial charge in [0, 0.05) is 6.20 Å². The number of pyridine rings is 1. The maximum absolute atomic E-state index is 5.50. The van der Waals surface area contributed by atoms with Crippen LogP contribution < -0.4 is 10.1 Å². The van der Waals surface area contributed by atoms with Crippen molar-refractivity contribution in [2.24, 2.45) is 11.8 Å². The van der Waals surface area contributed by atoms with Gasteiger partial charge in [-0.1, -0.05) is 26.7 Å². The van der Waals surface area contributed by atoms with Crippen LogP contribution in [0.5, 0.6) is 5.75 Å². The van der Waals surface area contributed by atoms with Gasteiger partial charge >= 0.3 is 0 Å². The van der Waals surface area contributed by atoms with Crippen molar-refractivity contribution in [2.45, 2.75) is 45.6 Å². The highest BCUT2D eigenvalue weighted by atomic mass is 16.5. The molecule has 0 bridgehead atoms. The Hall–Kier alpha value is -1.09. The molecule has 3 unspecified atom stereocenters. The monoisotopic (exact) mass is 262 g/mol. The topological polar surface area (TPSA) is 34.2 Å². The van der Waals surface area contributed by atoms with Gasteiger partial charge in [-0.05, 0) is 43.4 Å². The average molecular weight is 262 g/mol. The first-order valence-corrected chi connectivity index (χ1v) is 7.50. The van der Waals surface area contributed by atoms with Crippen molar-refractivity contribution in [1.82, 2.24) is 10.3 Å². The van der Waals surface area contributed by atoms with E-state index in [1.165, 1.54) is 19.3 Å². The van der Waals surface area contributed by atoms with E-state index in [4.69, 9.17) is 4.74 Å². The van der Waals surface area contributed by atoms with Crippen LogP contribution in [-0.4, -0.2) is 18.6 Å². The van der Waals surface area contributed by atoms with E-state index in [2.05, 4.69) is 24.1 Å². The van der Waals surface area contributed by atoms with Gasteiger partial charge in [0.05, 0.1) is 18.8 Å². The third-order valence-corrected chi connectivity index (χ3v) is 4.28. The number of aromatic nitrogens is 1. The molecule has 0 aliphatic heterocycles. The van der Waals surface area contributed by atoms with Crippen LogP contribution in [0, 0.1) is 11.8 Å². The van der Waals surface area contributed by atoms with Gasteiger partial charge in [-0.15, -0.1) is 0 Å². The number of rotatable bonds is 6. The summed E-state index contributed by atoms with van der Waals surface area (Å²) >= 11 is 0. The summed E-state index contributed by atoms with van der Waals surface area (Å²) in [5.41, 5.74) is 1.08. The first kappa shape index (κ1) is 14.3. The first-order chi connectivity index (χ1) is 9.27. The predicted molar refractivity (Wildman–Crippen MR) is 78.3 cm³/mol. The molecule has 0 radical (unpaired) electrons. The lowest BCUT2D eigenvalue weighted by Crippen LogP contribution is -2.31. The van der Waals surface area contributed by atoms with Crippen LogP contribution in [0.2, 0.25) is 0 Å². The first-order valence-electron chi connectivity index (χ1n) is 7.50. The Labute approximate surface area is 116 Å². The van der Waals surface area contributed by atoms with Crippen molar-refractivity contribution < 1.29 is 4.74 Å². The molecule has 3 atom stereocenters. The smallest absolute Gasteiger partial charge is 0.141 e. The minimum Gasteiger partial charge on any atom is -0.495 e. The summed E-state index contributed by atoms with van der Waals surface area (Å²) in [6.07, 6.45) is 6.99. The number of hydrogen-bond acceptors (Lipinski definition) is 3. The van der Waals surface area contributed by atoms with Gasteiger partial charge in [-0.3, -0.25) is 4.98 Å². The summed E-state index contributed by atoms with van der Waals surface area (Å²) in [6, 6.07) is 4.29. The SMILES string of the molecule is CCCNC(c1ncccc1OC)C1CCCC1C. The second kappa shape index (κ2) is 6.90. The van der Waals surface area contributed by atoms with Gasteiger partial charge in [0.1, 0.15) is 5.75 Å². The Morgan fingerprint density at radius 1 is 1.47 bits per heavy atom. The molecular weight excluding hydrogens is 236 g/mol. The van der Waals surface area contributed by atoms with Gasteiger partial charge in [0.15, 0.2) is 0 Å². The van der Waals surface area contributed by atoms with Crippen LogP contribution in [0.25, 0.3) is 0 Å². The summed E-state index contributed by atoms with van der Waals surface area (Å²) in [5, 5.41) is 3.69. The van der Waals surface area contributed by atoms with Crippen LogP contribution in [-0.2, 0) is 0 Å². The van der Waals surface area contributed by atoms with E-state index in [9.17, 15) is 0 Å². The number of ether oxygens (including phenoxy) is 1. The fourth-order valence-electron chi connectivity index (χ4n) is 3.23. The summed E-state index contributed by atoms with van der Waals surface area (Å²) in [5.74, 6) is 2.35. The Morgan fingerprint density at radius 3 is 2.95 bits per heavy atom. The van der Waals surface area contributed by atoms with Crippen LogP contribution >= 0.6 is 0 Å². The molecule has 1 heterocycles. The lowest BCUT2D eigenvalue weighted by Gasteiger charge is -2.28. The largest absolute Gasteiger partial charge is 0.495 e. The van der Waals surface area contributed by atoms with Crippen molar-refractivity contribution in [3.63, 3.8) is 0 Å². The molecule has 106 valence electrons. The maximum Gasteiger partial charge on any atom is 0.141 e. The zero-order valence-electron chi connectivity index (χ0n) is 12.4. The third-order valence-electron chi connectivity index (χ3n) is 4.28. The van der Waals surface area contributed by atoms with Crippen LogP contribution in [0.15, 0.2) is 18.3 Å². The Bertz CT molecular complexity index is 394. The van der Waals surface area contributed by atoms with Crippen molar-refractivity contribution in [2.75, 3.05) is 13.7 Å². The zero-order chi connectivity index (χ0) is 13.7. The molecular formula is C16H26N2O. The van der Waals surface area contributed by atoms with E-state index in [1.54, 1.807) is 7.11 Å². The van der Waals surface area contributed by atoms with Crippen LogP contribution in [0.1, 0.15) is 51.3 Å². The van der Waals surface area contributed by atoms with E-state index in [0.29, 0.717) is 12.0 Å². The highest BCUT2D eigenvalue weighted by Gasteiger charge is 2.33. The molecule has 1 fully saturated rings. The van der Waals surface area contributed by atoms with Gasteiger partial charge in [0.25, 0.3) is 0 Å². The molecule has 19 heavy (non-hydrogen) atoms. The predicted octanol–water partition coefficient (Wildman–Crippen LogP) is 3.57. The molecule has 2 rings (SSSR count). The van der Waals surface area contributed by atoms with Gasteiger partial charge in [0.2, 0.25) is 0 Å². The second-order valence-corrected chi connectivity index (χ2v) is 5.59. The standard InChI is InChI=1S/C16H26N2O/c1-4-10-17-15(13-8-5-7-12(13)2)16-14(19-3)9-6-11-18-16/h6,9,11-13,15,17H,4-5,7-8,10H2,1-3H3. The minimum atomic E-state index is 0.327. The highest BCUT2D eigenvalue weighted by Crippen LogP contribution is 2.41. The second-order valence-electron chi connectivity index (χ2n) is 5.59. The molecule has 0 amide bonds. The molecule has 1 aliphatic rings. The van der Waals surface area contributed by atoms with E-state index in [1.807, 2.05) is 18.3 Å². The zero-order valence-corrected chi connectivity index (χ0v) is 12.4. The van der Waals surface area contributed by atoms with Crippen LogP contribution in [0.4, 0.5) is 0 Å². The fraction of sp³-hybridized carbons (Fsp3) is 0.688. The van der Waals surface area contributed by atoms with Crippen molar-refractivity contribution in [3.05, 3.63) is 24.0 Å². The van der Waals surface area contributed by atoms with Gasteiger partial charge in [-0.2, -0.15) is 0 Å². The molecule has 3 nitrogen and oxygen atoms in total. The molecule has 0 aromatic carbocycles. The summed E-state index contributed by atoms with van der Waals surface area (Å²) in [4.78, 5) is 4.59. The molecule has 0 saturated heterocycles. The molecule has 3 heteroatoms. The van der Waals surface area contributed by atoms with Gasteiger partial charge < -0.3 is 10.1 Å². The average Bonchev–Trinajstić information content (AvgIpc) is 2.86. The van der Waals surface area contributed by atoms with Crippen molar-refractivity contribution in [3.8, 4) is 5.75 Å². The molecule has 1 aliphatic carbocycles. The molecule has 0 spiro atoms. The van der Waals surface area contributed by atoms with Gasteiger partial charge in [-0.25, -0.2) is 0 Å². The molecule has 1 aromatic heterocycles. The molecule has 1 saturated carbocycles. The minimum absolute atomic E-state index is 0.327. The number of nitrogens with zero attached hydrogens (tertiary/aromatic N) is 1. The number of hydrogen-bond donors (Lipinski definition) is 1. The van der Waals surface area contributed by atoms with Crippen molar-refractivity contribution >= 4 is 0 Å². The van der Waals surface area contributed by atoms with Crippen LogP contribution in [0.3, 0.4) is 0 Å². The highest BCUT2D eigenvalue weighted by molar-refractivity contribution is 5.30. The third kappa shape index (κ3) is 3.27. The van der Waals surface area contributed by atoms with E-state index in [0.717, 1.165) is 30.3 Å². The quantitative estimate of drug-likeness (QED) is 0.851. The Balaban J connectivity index is 2.25. The Kier molecular flexibility index (Phi) is 5.20. The molecule has 1 aromatic rings. The van der Waals surface area contributed by atoms with E-state index >= 15 is 0 Å². The summed E-state index contributed by atoms with van der Waals surface area (Å²) < 4.78 is 5.50. The summed E-state index contributed by atoms with van der Waals surface area (Å²) in [7, 11) is 1.73. The lowest BCUT2D eigenvalue weighted by molar-refractivity contribution is 0.287.